The third-order valence-electron chi connectivity index (χ3n) is 6.60. The van der Waals surface area contributed by atoms with E-state index in [0.29, 0.717) is 26.3 Å². The van der Waals surface area contributed by atoms with Crippen LogP contribution < -0.4 is 4.74 Å². The lowest BCUT2D eigenvalue weighted by Crippen LogP contribution is -2.48. The molecule has 2 heterocycles. The summed E-state index contributed by atoms with van der Waals surface area (Å²) in [7, 11) is 0. The Hall–Kier alpha value is -2.71. The zero-order chi connectivity index (χ0) is 26.0. The third kappa shape index (κ3) is 7.89. The number of ether oxygens (including phenoxy) is 2. The van der Waals surface area contributed by atoms with E-state index in [1.165, 1.54) is 10.4 Å². The summed E-state index contributed by atoms with van der Waals surface area (Å²) in [6.07, 6.45) is 1.11. The van der Waals surface area contributed by atoms with Crippen LogP contribution in [0.15, 0.2) is 66.0 Å². The molecule has 198 valence electrons. The molecule has 37 heavy (non-hydrogen) atoms. The predicted molar refractivity (Wildman–Crippen MR) is 148 cm³/mol. The fourth-order valence-electron chi connectivity index (χ4n) is 4.83. The van der Waals surface area contributed by atoms with E-state index in [4.69, 9.17) is 9.47 Å². The van der Waals surface area contributed by atoms with E-state index in [9.17, 15) is 9.90 Å². The first-order valence-electron chi connectivity index (χ1n) is 13.1. The highest BCUT2D eigenvalue weighted by Crippen LogP contribution is 2.34. The number of fused-ring (bicyclic) bond motifs is 1. The number of rotatable bonds is 13. The van der Waals surface area contributed by atoms with Crippen LogP contribution in [0.3, 0.4) is 0 Å². The van der Waals surface area contributed by atoms with Crippen LogP contribution in [0.25, 0.3) is 0 Å². The second-order valence-electron chi connectivity index (χ2n) is 9.67. The van der Waals surface area contributed by atoms with Gasteiger partial charge in [-0.3, -0.25) is 9.69 Å². The number of amides is 1. The number of hydrogen-bond donors (Lipinski definition) is 1. The summed E-state index contributed by atoms with van der Waals surface area (Å²) >= 11 is 1.75. The van der Waals surface area contributed by atoms with E-state index in [0.717, 1.165) is 36.3 Å². The van der Waals surface area contributed by atoms with Gasteiger partial charge in [-0.25, -0.2) is 0 Å². The molecule has 0 saturated heterocycles. The molecule has 7 heteroatoms. The second kappa shape index (κ2) is 13.7. The molecule has 1 aromatic heterocycles. The van der Waals surface area contributed by atoms with Gasteiger partial charge in [0.2, 0.25) is 5.91 Å². The fraction of sp³-hybridized carbons (Fsp3) is 0.433. The number of carbonyl (C=O) groups is 1. The monoisotopic (exact) mass is 522 g/mol. The Bertz CT molecular complexity index is 1120. The van der Waals surface area contributed by atoms with Gasteiger partial charge in [-0.05, 0) is 66.6 Å². The average Bonchev–Trinajstić information content (AvgIpc) is 3.37. The number of aryl methyl sites for hydroxylation is 1. The normalized spacial score (nSPS) is 16.0. The first kappa shape index (κ1) is 27.3. The Morgan fingerprint density at radius 1 is 1.19 bits per heavy atom. The Kier molecular flexibility index (Phi) is 10.1. The van der Waals surface area contributed by atoms with Gasteiger partial charge in [0, 0.05) is 18.0 Å². The molecule has 1 aliphatic rings. The molecule has 1 N–H and O–H groups in total. The molecule has 3 aromatic rings. The van der Waals surface area contributed by atoms with Gasteiger partial charge in [-0.2, -0.15) is 0 Å². The molecule has 6 nitrogen and oxygen atoms in total. The van der Waals surface area contributed by atoms with Gasteiger partial charge in [0.25, 0.3) is 0 Å². The van der Waals surface area contributed by atoms with E-state index in [2.05, 4.69) is 18.4 Å². The quantitative estimate of drug-likeness (QED) is 0.348. The van der Waals surface area contributed by atoms with Crippen molar-refractivity contribution in [3.8, 4) is 5.75 Å². The van der Waals surface area contributed by atoms with E-state index in [1.54, 1.807) is 11.3 Å². The molecule has 0 unspecified atom stereocenters. The van der Waals surface area contributed by atoms with Crippen LogP contribution in [-0.4, -0.2) is 66.3 Å². The van der Waals surface area contributed by atoms with Gasteiger partial charge in [0.1, 0.15) is 12.4 Å². The Balaban J connectivity index is 1.35. The largest absolute Gasteiger partial charge is 0.491 e. The molecular formula is C30H38N2O4S. The molecule has 0 spiro atoms. The third-order valence-corrected chi connectivity index (χ3v) is 7.60. The Morgan fingerprint density at radius 3 is 2.81 bits per heavy atom. The van der Waals surface area contributed by atoms with E-state index < -0.39 is 6.10 Å². The zero-order valence-electron chi connectivity index (χ0n) is 21.8. The minimum atomic E-state index is -0.659. The fourth-order valence-corrected chi connectivity index (χ4v) is 5.75. The number of aliphatic hydroxyl groups is 1. The summed E-state index contributed by atoms with van der Waals surface area (Å²) in [6, 6.07) is 20.0. The molecule has 2 atom stereocenters. The minimum Gasteiger partial charge on any atom is -0.491 e. The number of carbonyl (C=O) groups excluding carboxylic acids is 1. The Morgan fingerprint density at radius 2 is 2.03 bits per heavy atom. The van der Waals surface area contributed by atoms with Crippen molar-refractivity contribution in [3.63, 3.8) is 0 Å². The molecule has 0 radical (unpaired) electrons. The first-order valence-corrected chi connectivity index (χ1v) is 14.0. The summed E-state index contributed by atoms with van der Waals surface area (Å²) in [4.78, 5) is 18.9. The highest BCUT2D eigenvalue weighted by molar-refractivity contribution is 7.10. The summed E-state index contributed by atoms with van der Waals surface area (Å²) in [5, 5.41) is 12.7. The maximum absolute atomic E-state index is 13.6. The maximum atomic E-state index is 13.6. The van der Waals surface area contributed by atoms with E-state index in [1.807, 2.05) is 71.3 Å². The van der Waals surface area contributed by atoms with Crippen LogP contribution in [0.5, 0.6) is 5.75 Å². The van der Waals surface area contributed by atoms with Crippen LogP contribution in [0, 0.1) is 6.92 Å². The van der Waals surface area contributed by atoms with Crippen LogP contribution in [0.4, 0.5) is 0 Å². The molecular weight excluding hydrogens is 484 g/mol. The molecule has 1 aliphatic heterocycles. The topological polar surface area (TPSA) is 62.2 Å². The molecule has 2 aromatic carbocycles. The van der Waals surface area contributed by atoms with Gasteiger partial charge in [0.05, 0.1) is 31.9 Å². The summed E-state index contributed by atoms with van der Waals surface area (Å²) < 4.78 is 11.9. The summed E-state index contributed by atoms with van der Waals surface area (Å²) in [6.45, 7) is 7.34. The van der Waals surface area contributed by atoms with Crippen molar-refractivity contribution in [3.05, 3.63) is 87.6 Å². The summed E-state index contributed by atoms with van der Waals surface area (Å²) in [5.41, 5.74) is 3.41. The lowest BCUT2D eigenvalue weighted by atomic mass is 10.0. The second-order valence-corrected chi connectivity index (χ2v) is 10.7. The number of nitrogens with zero attached hydrogens (tertiary/aromatic N) is 2. The van der Waals surface area contributed by atoms with Crippen molar-refractivity contribution in [1.82, 2.24) is 9.80 Å². The van der Waals surface area contributed by atoms with Crippen molar-refractivity contribution in [2.75, 3.05) is 39.4 Å². The van der Waals surface area contributed by atoms with Crippen molar-refractivity contribution >= 4 is 17.2 Å². The molecule has 4 rings (SSSR count). The maximum Gasteiger partial charge on any atom is 0.237 e. The lowest BCUT2D eigenvalue weighted by Gasteiger charge is -2.37. The SMILES string of the molecule is CCCN(CC(=O)N1CCc2sccc2[C@@H]1COc1cccc(C)c1)C[C@@H](O)COCc1ccccc1. The van der Waals surface area contributed by atoms with Gasteiger partial charge in [-0.1, -0.05) is 49.4 Å². The molecule has 0 aliphatic carbocycles. The highest BCUT2D eigenvalue weighted by atomic mass is 32.1. The first-order chi connectivity index (χ1) is 18.0. The van der Waals surface area contributed by atoms with Crippen LogP contribution >= 0.6 is 11.3 Å². The van der Waals surface area contributed by atoms with Crippen molar-refractivity contribution in [2.45, 2.75) is 45.4 Å². The van der Waals surface area contributed by atoms with Crippen LogP contribution in [-0.2, 0) is 22.6 Å². The highest BCUT2D eigenvalue weighted by Gasteiger charge is 2.33. The molecule has 0 fully saturated rings. The van der Waals surface area contributed by atoms with Crippen LogP contribution in [0.2, 0.25) is 0 Å². The van der Waals surface area contributed by atoms with Gasteiger partial charge >= 0.3 is 0 Å². The smallest absolute Gasteiger partial charge is 0.237 e. The number of aliphatic hydroxyl groups excluding tert-OH is 1. The zero-order valence-corrected chi connectivity index (χ0v) is 22.7. The van der Waals surface area contributed by atoms with E-state index in [-0.39, 0.29) is 25.1 Å². The average molecular weight is 523 g/mol. The van der Waals surface area contributed by atoms with Crippen LogP contribution in [0.1, 0.15) is 41.0 Å². The van der Waals surface area contributed by atoms with Gasteiger partial charge in [-0.15, -0.1) is 11.3 Å². The molecule has 0 bridgehead atoms. The van der Waals surface area contributed by atoms with E-state index >= 15 is 0 Å². The molecule has 0 saturated carbocycles. The molecule has 1 amide bonds. The van der Waals surface area contributed by atoms with Crippen molar-refractivity contribution in [1.29, 1.82) is 0 Å². The van der Waals surface area contributed by atoms with Crippen molar-refractivity contribution in [2.24, 2.45) is 0 Å². The number of benzene rings is 2. The standard InChI is InChI=1S/C30H38N2O4S/c1-3-14-31(18-25(33)21-35-20-24-9-5-4-6-10-24)19-30(34)32-15-12-29-27(13-16-37-29)28(32)22-36-26-11-7-8-23(2)17-26/h4-11,13,16-17,25,28,33H,3,12,14-15,18-22H2,1-2H3/t25-,28+/m1/s1. The predicted octanol–water partition coefficient (Wildman–Crippen LogP) is 4.85. The number of thiophene rings is 1. The minimum absolute atomic E-state index is 0.0700. The van der Waals surface area contributed by atoms with Gasteiger partial charge in [0.15, 0.2) is 0 Å². The lowest BCUT2D eigenvalue weighted by molar-refractivity contribution is -0.136. The summed E-state index contributed by atoms with van der Waals surface area (Å²) in [5.74, 6) is 0.890. The van der Waals surface area contributed by atoms with Crippen molar-refractivity contribution < 1.29 is 19.4 Å². The number of hydrogen-bond acceptors (Lipinski definition) is 6. The Labute approximate surface area is 224 Å². The van der Waals surface area contributed by atoms with Gasteiger partial charge < -0.3 is 19.5 Å².